The van der Waals surface area contributed by atoms with Gasteiger partial charge in [-0.3, -0.25) is 9.52 Å². The number of benzene rings is 2. The SMILES string of the molecule is CCCCC(=O)Nc1ccc2nc(NS(=O)(=O)c3ccc(C)cc3)sc2c1. The van der Waals surface area contributed by atoms with Crippen LogP contribution in [0.2, 0.25) is 0 Å². The molecule has 0 bridgehead atoms. The second-order valence-corrected chi connectivity index (χ2v) is 8.98. The zero-order valence-corrected chi connectivity index (χ0v) is 16.8. The lowest BCUT2D eigenvalue weighted by atomic mass is 10.2. The van der Waals surface area contributed by atoms with Gasteiger partial charge in [0.05, 0.1) is 15.1 Å². The number of sulfonamides is 1. The minimum atomic E-state index is -3.69. The molecule has 3 rings (SSSR count). The average molecular weight is 404 g/mol. The molecule has 3 aromatic rings. The summed E-state index contributed by atoms with van der Waals surface area (Å²) in [6.45, 7) is 3.94. The molecular weight excluding hydrogens is 382 g/mol. The maximum atomic E-state index is 12.5. The molecular formula is C19H21N3O3S2. The number of thiazole rings is 1. The molecule has 27 heavy (non-hydrogen) atoms. The lowest BCUT2D eigenvalue weighted by Crippen LogP contribution is -2.12. The second kappa shape index (κ2) is 8.06. The van der Waals surface area contributed by atoms with Crippen LogP contribution in [0.3, 0.4) is 0 Å². The van der Waals surface area contributed by atoms with Crippen LogP contribution in [-0.2, 0) is 14.8 Å². The summed E-state index contributed by atoms with van der Waals surface area (Å²) in [6.07, 6.45) is 2.30. The van der Waals surface area contributed by atoms with Crippen LogP contribution in [0.5, 0.6) is 0 Å². The lowest BCUT2D eigenvalue weighted by molar-refractivity contribution is -0.116. The summed E-state index contributed by atoms with van der Waals surface area (Å²) in [6, 6.07) is 12.0. The van der Waals surface area contributed by atoms with E-state index in [2.05, 4.69) is 15.0 Å². The summed E-state index contributed by atoms with van der Waals surface area (Å²) in [5.41, 5.74) is 2.34. The number of anilines is 2. The zero-order valence-electron chi connectivity index (χ0n) is 15.2. The molecule has 0 radical (unpaired) electrons. The molecule has 0 spiro atoms. The summed E-state index contributed by atoms with van der Waals surface area (Å²) >= 11 is 1.23. The minimum absolute atomic E-state index is 0.0268. The number of carbonyl (C=O) groups excluding carboxylic acids is 1. The third-order valence-electron chi connectivity index (χ3n) is 3.98. The predicted octanol–water partition coefficient (Wildman–Crippen LogP) is 4.53. The van der Waals surface area contributed by atoms with Gasteiger partial charge in [-0.05, 0) is 43.7 Å². The van der Waals surface area contributed by atoms with Crippen LogP contribution in [0.4, 0.5) is 10.8 Å². The fourth-order valence-corrected chi connectivity index (χ4v) is 4.64. The first-order valence-corrected chi connectivity index (χ1v) is 11.0. The summed E-state index contributed by atoms with van der Waals surface area (Å²) in [5.74, 6) is -0.0268. The van der Waals surface area contributed by atoms with E-state index in [1.54, 1.807) is 42.5 Å². The number of unbranched alkanes of at least 4 members (excludes halogenated alkanes) is 1. The fourth-order valence-electron chi connectivity index (χ4n) is 2.50. The highest BCUT2D eigenvalue weighted by atomic mass is 32.2. The maximum absolute atomic E-state index is 12.5. The van der Waals surface area contributed by atoms with Crippen molar-refractivity contribution in [1.82, 2.24) is 4.98 Å². The number of hydrogen-bond donors (Lipinski definition) is 2. The summed E-state index contributed by atoms with van der Waals surface area (Å²) < 4.78 is 28.3. The van der Waals surface area contributed by atoms with E-state index in [9.17, 15) is 13.2 Å². The molecule has 8 heteroatoms. The molecule has 2 aromatic carbocycles. The minimum Gasteiger partial charge on any atom is -0.326 e. The van der Waals surface area contributed by atoms with E-state index in [-0.39, 0.29) is 10.8 Å². The van der Waals surface area contributed by atoms with Crippen LogP contribution in [0, 0.1) is 6.92 Å². The van der Waals surface area contributed by atoms with Crippen molar-refractivity contribution in [3.8, 4) is 0 Å². The normalized spacial score (nSPS) is 11.5. The number of aryl methyl sites for hydroxylation is 1. The lowest BCUT2D eigenvalue weighted by Gasteiger charge is -2.04. The van der Waals surface area contributed by atoms with E-state index >= 15 is 0 Å². The van der Waals surface area contributed by atoms with Crippen LogP contribution in [0.1, 0.15) is 31.7 Å². The number of rotatable bonds is 7. The Hall–Kier alpha value is -2.45. The third kappa shape index (κ3) is 4.84. The summed E-state index contributed by atoms with van der Waals surface area (Å²) in [4.78, 5) is 16.4. The van der Waals surface area contributed by atoms with Gasteiger partial charge in [0.15, 0.2) is 5.13 Å². The first-order chi connectivity index (χ1) is 12.9. The first kappa shape index (κ1) is 19.3. The Morgan fingerprint density at radius 1 is 1.15 bits per heavy atom. The van der Waals surface area contributed by atoms with E-state index in [1.165, 1.54) is 11.3 Å². The Labute approximate surface area is 162 Å². The predicted molar refractivity (Wildman–Crippen MR) is 110 cm³/mol. The number of carbonyl (C=O) groups is 1. The number of nitrogens with zero attached hydrogens (tertiary/aromatic N) is 1. The monoisotopic (exact) mass is 403 g/mol. The number of nitrogens with one attached hydrogen (secondary N) is 2. The number of fused-ring (bicyclic) bond motifs is 1. The maximum Gasteiger partial charge on any atom is 0.263 e. The fraction of sp³-hybridized carbons (Fsp3) is 0.263. The second-order valence-electron chi connectivity index (χ2n) is 6.27. The Morgan fingerprint density at radius 2 is 1.89 bits per heavy atom. The standard InChI is InChI=1S/C19H21N3O3S2/c1-3-4-5-18(23)20-14-8-11-16-17(12-14)26-19(21-16)22-27(24,25)15-9-6-13(2)7-10-15/h6-12H,3-5H2,1-2H3,(H,20,23)(H,21,22). The van der Waals surface area contributed by atoms with E-state index in [0.717, 1.165) is 23.1 Å². The van der Waals surface area contributed by atoms with E-state index in [1.807, 2.05) is 13.8 Å². The van der Waals surface area contributed by atoms with Crippen molar-refractivity contribution in [2.45, 2.75) is 38.0 Å². The molecule has 0 aliphatic rings. The highest BCUT2D eigenvalue weighted by Gasteiger charge is 2.16. The van der Waals surface area contributed by atoms with Gasteiger partial charge in [-0.2, -0.15) is 0 Å². The van der Waals surface area contributed by atoms with Crippen LogP contribution < -0.4 is 10.0 Å². The first-order valence-electron chi connectivity index (χ1n) is 8.67. The smallest absolute Gasteiger partial charge is 0.263 e. The van der Waals surface area contributed by atoms with Gasteiger partial charge in [-0.25, -0.2) is 13.4 Å². The van der Waals surface area contributed by atoms with Crippen LogP contribution in [0.15, 0.2) is 47.4 Å². The van der Waals surface area contributed by atoms with Gasteiger partial charge < -0.3 is 5.32 Å². The molecule has 1 heterocycles. The molecule has 6 nitrogen and oxygen atoms in total. The van der Waals surface area contributed by atoms with Gasteiger partial charge >= 0.3 is 0 Å². The van der Waals surface area contributed by atoms with E-state index < -0.39 is 10.0 Å². The van der Waals surface area contributed by atoms with Crippen molar-refractivity contribution >= 4 is 48.3 Å². The van der Waals surface area contributed by atoms with Crippen molar-refractivity contribution < 1.29 is 13.2 Å². The molecule has 1 aromatic heterocycles. The molecule has 0 fully saturated rings. The largest absolute Gasteiger partial charge is 0.326 e. The molecule has 0 saturated heterocycles. The van der Waals surface area contributed by atoms with Gasteiger partial charge in [0.1, 0.15) is 0 Å². The highest BCUT2D eigenvalue weighted by molar-refractivity contribution is 7.93. The quantitative estimate of drug-likeness (QED) is 0.606. The molecule has 0 unspecified atom stereocenters. The molecule has 0 atom stereocenters. The number of aromatic nitrogens is 1. The Bertz CT molecular complexity index is 1060. The molecule has 1 amide bonds. The molecule has 0 aliphatic carbocycles. The number of hydrogen-bond acceptors (Lipinski definition) is 5. The van der Waals surface area contributed by atoms with Gasteiger partial charge in [0.25, 0.3) is 10.0 Å². The molecule has 2 N–H and O–H groups in total. The van der Waals surface area contributed by atoms with Gasteiger partial charge in [-0.15, -0.1) is 0 Å². The zero-order chi connectivity index (χ0) is 19.4. The molecule has 0 aliphatic heterocycles. The van der Waals surface area contributed by atoms with Crippen molar-refractivity contribution in [3.63, 3.8) is 0 Å². The van der Waals surface area contributed by atoms with E-state index in [4.69, 9.17) is 0 Å². The van der Waals surface area contributed by atoms with Gasteiger partial charge in [0.2, 0.25) is 5.91 Å². The molecule has 142 valence electrons. The average Bonchev–Trinajstić information content (AvgIpc) is 3.01. The van der Waals surface area contributed by atoms with Crippen LogP contribution in [-0.4, -0.2) is 19.3 Å². The highest BCUT2D eigenvalue weighted by Crippen LogP contribution is 2.30. The van der Waals surface area contributed by atoms with Crippen molar-refractivity contribution in [2.75, 3.05) is 10.0 Å². The summed E-state index contributed by atoms with van der Waals surface area (Å²) in [7, 11) is -3.69. The van der Waals surface area contributed by atoms with Crippen LogP contribution in [0.25, 0.3) is 10.2 Å². The third-order valence-corrected chi connectivity index (χ3v) is 6.40. The Kier molecular flexibility index (Phi) is 5.76. The number of amides is 1. The Balaban J connectivity index is 1.78. The van der Waals surface area contributed by atoms with Crippen LogP contribution >= 0.6 is 11.3 Å². The van der Waals surface area contributed by atoms with Crippen molar-refractivity contribution in [2.24, 2.45) is 0 Å². The Morgan fingerprint density at radius 3 is 2.59 bits per heavy atom. The topological polar surface area (TPSA) is 88.2 Å². The van der Waals surface area contributed by atoms with Crippen molar-refractivity contribution in [1.29, 1.82) is 0 Å². The van der Waals surface area contributed by atoms with E-state index in [0.29, 0.717) is 22.8 Å². The van der Waals surface area contributed by atoms with Gasteiger partial charge in [-0.1, -0.05) is 42.4 Å². The van der Waals surface area contributed by atoms with Crippen molar-refractivity contribution in [3.05, 3.63) is 48.0 Å². The summed E-state index contributed by atoms with van der Waals surface area (Å²) in [5, 5.41) is 3.15. The molecule has 0 saturated carbocycles. The van der Waals surface area contributed by atoms with Gasteiger partial charge in [0, 0.05) is 12.1 Å².